The van der Waals surface area contributed by atoms with E-state index in [0.29, 0.717) is 12.1 Å². The summed E-state index contributed by atoms with van der Waals surface area (Å²) in [5.74, 6) is 1.07. The van der Waals surface area contributed by atoms with E-state index in [-0.39, 0.29) is 11.9 Å². The summed E-state index contributed by atoms with van der Waals surface area (Å²) in [5, 5.41) is 2.95. The molecule has 0 aromatic carbocycles. The summed E-state index contributed by atoms with van der Waals surface area (Å²) in [6.07, 6.45) is 4.93. The van der Waals surface area contributed by atoms with Crippen molar-refractivity contribution in [3.05, 3.63) is 24.0 Å². The Morgan fingerprint density at radius 2 is 2.35 bits per heavy atom. The first kappa shape index (κ1) is 13.8. The molecule has 1 aromatic rings. The van der Waals surface area contributed by atoms with Crippen molar-refractivity contribution < 1.29 is 4.79 Å². The number of aromatic nitrogens is 1. The van der Waals surface area contributed by atoms with E-state index >= 15 is 0 Å². The molecule has 0 aliphatic carbocycles. The van der Waals surface area contributed by atoms with Crippen molar-refractivity contribution >= 4 is 23.4 Å². The van der Waals surface area contributed by atoms with Crippen LogP contribution >= 0.6 is 11.8 Å². The molecular weight excluding hydrogens is 234 g/mol. The molecule has 0 radical (unpaired) electrons. The van der Waals surface area contributed by atoms with Crippen LogP contribution in [0.3, 0.4) is 0 Å². The summed E-state index contributed by atoms with van der Waals surface area (Å²) >= 11 is 1.79. The molecular formula is C12H19N3OS. The second-order valence-electron chi connectivity index (χ2n) is 4.01. The fourth-order valence-corrected chi connectivity index (χ4v) is 1.99. The van der Waals surface area contributed by atoms with Gasteiger partial charge in [0.1, 0.15) is 0 Å². The Morgan fingerprint density at radius 3 is 2.94 bits per heavy atom. The number of hydrogen-bond donors (Lipinski definition) is 2. The van der Waals surface area contributed by atoms with Crippen LogP contribution in [0.15, 0.2) is 18.3 Å². The van der Waals surface area contributed by atoms with Gasteiger partial charge in [-0.05, 0) is 37.5 Å². The summed E-state index contributed by atoms with van der Waals surface area (Å²) in [5.41, 5.74) is 6.89. The average Bonchev–Trinajstić information content (AvgIpc) is 2.29. The highest BCUT2D eigenvalue weighted by molar-refractivity contribution is 7.98. The van der Waals surface area contributed by atoms with Crippen LogP contribution in [0.2, 0.25) is 0 Å². The van der Waals surface area contributed by atoms with Crippen LogP contribution in [-0.4, -0.2) is 28.9 Å². The van der Waals surface area contributed by atoms with Gasteiger partial charge in [-0.3, -0.25) is 9.78 Å². The summed E-state index contributed by atoms with van der Waals surface area (Å²) in [6, 6.07) is 3.75. The largest absolute Gasteiger partial charge is 0.397 e. The zero-order chi connectivity index (χ0) is 12.7. The molecule has 0 saturated carbocycles. The van der Waals surface area contributed by atoms with E-state index in [0.717, 1.165) is 17.9 Å². The Hall–Kier alpha value is -1.23. The lowest BCUT2D eigenvalue weighted by Crippen LogP contribution is -2.34. The van der Waals surface area contributed by atoms with Crippen molar-refractivity contribution in [3.63, 3.8) is 0 Å². The van der Waals surface area contributed by atoms with Crippen molar-refractivity contribution in [2.45, 2.75) is 25.8 Å². The number of hydrogen-bond acceptors (Lipinski definition) is 4. The van der Waals surface area contributed by atoms with Crippen LogP contribution in [0.4, 0.5) is 5.69 Å². The van der Waals surface area contributed by atoms with Crippen LogP contribution in [0.25, 0.3) is 0 Å². The van der Waals surface area contributed by atoms with Gasteiger partial charge in [-0.1, -0.05) is 0 Å². The smallest absolute Gasteiger partial charge is 0.226 e. The van der Waals surface area contributed by atoms with Gasteiger partial charge in [-0.25, -0.2) is 0 Å². The highest BCUT2D eigenvalue weighted by atomic mass is 32.2. The van der Waals surface area contributed by atoms with Crippen LogP contribution < -0.4 is 11.1 Å². The van der Waals surface area contributed by atoms with Gasteiger partial charge in [0.2, 0.25) is 5.91 Å². The van der Waals surface area contributed by atoms with Crippen LogP contribution in [0.1, 0.15) is 19.0 Å². The van der Waals surface area contributed by atoms with Crippen molar-refractivity contribution in [1.82, 2.24) is 10.3 Å². The van der Waals surface area contributed by atoms with Gasteiger partial charge in [-0.2, -0.15) is 11.8 Å². The molecule has 4 nitrogen and oxygen atoms in total. The zero-order valence-corrected chi connectivity index (χ0v) is 11.1. The van der Waals surface area contributed by atoms with Gasteiger partial charge in [0.05, 0.1) is 18.3 Å². The third-order valence-electron chi connectivity index (χ3n) is 2.35. The van der Waals surface area contributed by atoms with Crippen molar-refractivity contribution in [1.29, 1.82) is 0 Å². The minimum Gasteiger partial charge on any atom is -0.397 e. The molecule has 1 heterocycles. The summed E-state index contributed by atoms with van der Waals surface area (Å²) < 4.78 is 0. The van der Waals surface area contributed by atoms with E-state index in [1.807, 2.05) is 6.92 Å². The second-order valence-corrected chi connectivity index (χ2v) is 5.00. The second kappa shape index (κ2) is 7.17. The quantitative estimate of drug-likeness (QED) is 0.805. The summed E-state index contributed by atoms with van der Waals surface area (Å²) in [6.45, 7) is 2.02. The molecule has 1 rings (SSSR count). The van der Waals surface area contributed by atoms with Crippen molar-refractivity contribution in [2.75, 3.05) is 17.7 Å². The Morgan fingerprint density at radius 1 is 1.59 bits per heavy atom. The van der Waals surface area contributed by atoms with Crippen LogP contribution in [0, 0.1) is 0 Å². The lowest BCUT2D eigenvalue weighted by atomic mass is 10.2. The normalized spacial score (nSPS) is 12.1. The SMILES string of the molecule is CSCCC(C)NC(=O)Cc1ccc(N)cn1. The molecule has 0 aliphatic heterocycles. The topological polar surface area (TPSA) is 68.0 Å². The lowest BCUT2D eigenvalue weighted by molar-refractivity contribution is -0.121. The van der Waals surface area contributed by atoms with Gasteiger partial charge in [0, 0.05) is 11.7 Å². The number of nitrogens with two attached hydrogens (primary N) is 1. The number of thioether (sulfide) groups is 1. The van der Waals surface area contributed by atoms with Crippen molar-refractivity contribution in [2.24, 2.45) is 0 Å². The number of anilines is 1. The third-order valence-corrected chi connectivity index (χ3v) is 3.00. The molecule has 0 saturated heterocycles. The van der Waals surface area contributed by atoms with Crippen molar-refractivity contribution in [3.8, 4) is 0 Å². The molecule has 0 fully saturated rings. The first-order valence-corrected chi connectivity index (χ1v) is 7.00. The summed E-state index contributed by atoms with van der Waals surface area (Å²) in [7, 11) is 0. The Kier molecular flexibility index (Phi) is 5.83. The highest BCUT2D eigenvalue weighted by Crippen LogP contribution is 2.03. The number of nitrogen functional groups attached to an aromatic ring is 1. The number of carbonyl (C=O) groups is 1. The molecule has 0 bridgehead atoms. The number of nitrogens with one attached hydrogen (secondary N) is 1. The minimum atomic E-state index is 0.0101. The molecule has 1 amide bonds. The Bertz CT molecular complexity index is 353. The fourth-order valence-electron chi connectivity index (χ4n) is 1.40. The standard InChI is InChI=1S/C12H19N3OS/c1-9(5-6-17-2)15-12(16)7-11-4-3-10(13)8-14-11/h3-4,8-9H,5-7,13H2,1-2H3,(H,15,16). The molecule has 0 spiro atoms. The van der Waals surface area contributed by atoms with E-state index in [1.165, 1.54) is 0 Å². The zero-order valence-electron chi connectivity index (χ0n) is 10.3. The maximum atomic E-state index is 11.7. The Balaban J connectivity index is 2.36. The van der Waals surface area contributed by atoms with Crippen LogP contribution in [-0.2, 0) is 11.2 Å². The summed E-state index contributed by atoms with van der Waals surface area (Å²) in [4.78, 5) is 15.8. The number of carbonyl (C=O) groups excluding carboxylic acids is 1. The molecule has 1 atom stereocenters. The average molecular weight is 253 g/mol. The van der Waals surface area contributed by atoms with Gasteiger partial charge >= 0.3 is 0 Å². The number of rotatable bonds is 6. The van der Waals surface area contributed by atoms with Gasteiger partial charge < -0.3 is 11.1 Å². The van der Waals surface area contributed by atoms with Gasteiger partial charge in [0.15, 0.2) is 0 Å². The highest BCUT2D eigenvalue weighted by Gasteiger charge is 2.08. The predicted octanol–water partition coefficient (Wildman–Crippen LogP) is 1.46. The van der Waals surface area contributed by atoms with Gasteiger partial charge in [-0.15, -0.1) is 0 Å². The number of nitrogens with zero attached hydrogens (tertiary/aromatic N) is 1. The minimum absolute atomic E-state index is 0.0101. The molecule has 0 aliphatic rings. The van der Waals surface area contributed by atoms with E-state index in [4.69, 9.17) is 5.73 Å². The molecule has 17 heavy (non-hydrogen) atoms. The van der Waals surface area contributed by atoms with E-state index in [2.05, 4.69) is 16.6 Å². The maximum Gasteiger partial charge on any atom is 0.226 e. The van der Waals surface area contributed by atoms with E-state index in [1.54, 1.807) is 30.1 Å². The molecule has 1 unspecified atom stereocenters. The first-order chi connectivity index (χ1) is 8.11. The molecule has 3 N–H and O–H groups in total. The molecule has 94 valence electrons. The maximum absolute atomic E-state index is 11.7. The first-order valence-electron chi connectivity index (χ1n) is 5.60. The number of pyridine rings is 1. The predicted molar refractivity (Wildman–Crippen MR) is 73.0 cm³/mol. The lowest BCUT2D eigenvalue weighted by Gasteiger charge is -2.12. The Labute approximate surface area is 106 Å². The van der Waals surface area contributed by atoms with E-state index in [9.17, 15) is 4.79 Å². The fraction of sp³-hybridized carbons (Fsp3) is 0.500. The van der Waals surface area contributed by atoms with Crippen LogP contribution in [0.5, 0.6) is 0 Å². The third kappa shape index (κ3) is 5.58. The van der Waals surface area contributed by atoms with E-state index < -0.39 is 0 Å². The molecule has 1 aromatic heterocycles. The molecule has 5 heteroatoms. The van der Waals surface area contributed by atoms with Gasteiger partial charge in [0.25, 0.3) is 0 Å². The number of amides is 1. The monoisotopic (exact) mass is 253 g/mol.